The number of ether oxygens (including phenoxy) is 1. The molecule has 0 atom stereocenters. The Bertz CT molecular complexity index is 1040. The Kier molecular flexibility index (Phi) is 3.34. The zero-order chi connectivity index (χ0) is 16.8. The van der Waals surface area contributed by atoms with Gasteiger partial charge in [0.15, 0.2) is 0 Å². The molecule has 1 aromatic carbocycles. The van der Waals surface area contributed by atoms with Crippen LogP contribution >= 0.6 is 11.3 Å². The number of benzene rings is 1. The highest BCUT2D eigenvalue weighted by Crippen LogP contribution is 2.28. The fraction of sp³-hybridized carbons (Fsp3) is 0.250. The molecule has 0 N–H and O–H groups in total. The molecule has 0 aliphatic carbocycles. The maximum Gasteiger partial charge on any atom is 0.348 e. The highest BCUT2D eigenvalue weighted by atomic mass is 32.1. The smallest absolute Gasteiger partial charge is 0.348 e. The monoisotopic (exact) mass is 341 g/mol. The van der Waals surface area contributed by atoms with Crippen molar-refractivity contribution in [1.29, 1.82) is 0 Å². The second-order valence-corrected chi connectivity index (χ2v) is 6.68. The molecule has 3 heterocycles. The van der Waals surface area contributed by atoms with Crippen LogP contribution in [0, 0.1) is 6.92 Å². The zero-order valence-electron chi connectivity index (χ0n) is 13.5. The van der Waals surface area contributed by atoms with Crippen molar-refractivity contribution in [3.63, 3.8) is 0 Å². The first kappa shape index (κ1) is 14.8. The van der Waals surface area contributed by atoms with E-state index in [2.05, 4.69) is 15.4 Å². The molecule has 122 valence electrons. The summed E-state index contributed by atoms with van der Waals surface area (Å²) in [5, 5.41) is 13.4. The summed E-state index contributed by atoms with van der Waals surface area (Å²) < 4.78 is 8.93. The van der Waals surface area contributed by atoms with Gasteiger partial charge in [0.1, 0.15) is 21.8 Å². The molecule has 0 amide bonds. The van der Waals surface area contributed by atoms with Crippen LogP contribution in [-0.4, -0.2) is 30.7 Å². The Morgan fingerprint density at radius 1 is 1.25 bits per heavy atom. The van der Waals surface area contributed by atoms with Crippen molar-refractivity contribution in [1.82, 2.24) is 24.8 Å². The molecule has 0 unspecified atom stereocenters. The molecule has 0 aliphatic rings. The zero-order valence-corrected chi connectivity index (χ0v) is 14.3. The third-order valence-corrected chi connectivity index (χ3v) is 5.12. The van der Waals surface area contributed by atoms with Gasteiger partial charge in [0.25, 0.3) is 0 Å². The van der Waals surface area contributed by atoms with Gasteiger partial charge in [-0.05, 0) is 30.7 Å². The minimum atomic E-state index is -0.324. The molecule has 0 bridgehead atoms. The lowest BCUT2D eigenvalue weighted by Crippen LogP contribution is -2.03. The van der Waals surface area contributed by atoms with Gasteiger partial charge >= 0.3 is 5.97 Å². The average Bonchev–Trinajstić information content (AvgIpc) is 3.23. The van der Waals surface area contributed by atoms with E-state index in [0.717, 1.165) is 32.5 Å². The fourth-order valence-corrected chi connectivity index (χ4v) is 3.72. The molecule has 0 spiro atoms. The van der Waals surface area contributed by atoms with E-state index in [1.807, 2.05) is 45.3 Å². The van der Waals surface area contributed by atoms with Gasteiger partial charge in [-0.1, -0.05) is 11.3 Å². The van der Waals surface area contributed by atoms with Crippen LogP contribution in [0.5, 0.6) is 0 Å². The lowest BCUT2D eigenvalue weighted by atomic mass is 10.2. The minimum Gasteiger partial charge on any atom is -0.457 e. The number of esters is 1. The maximum atomic E-state index is 12.3. The largest absolute Gasteiger partial charge is 0.457 e. The summed E-state index contributed by atoms with van der Waals surface area (Å²) in [6.07, 6.45) is 0. The van der Waals surface area contributed by atoms with Gasteiger partial charge in [-0.25, -0.2) is 9.48 Å². The Labute approximate surface area is 141 Å². The number of carbonyl (C=O) groups excluding carboxylic acids is 1. The standard InChI is InChI=1S/C16H15N5O2S/c1-9-11-7-14(24-15(11)21(3)18-9)16(22)23-8-10-4-5-13-12(6-10)17-19-20(13)2/h4-7H,8H2,1-3H3. The molecule has 0 saturated heterocycles. The quantitative estimate of drug-likeness (QED) is 0.535. The number of fused-ring (bicyclic) bond motifs is 2. The van der Waals surface area contributed by atoms with E-state index >= 15 is 0 Å². The van der Waals surface area contributed by atoms with Crippen molar-refractivity contribution in [2.45, 2.75) is 13.5 Å². The van der Waals surface area contributed by atoms with Crippen LogP contribution in [-0.2, 0) is 25.4 Å². The molecule has 7 nitrogen and oxygen atoms in total. The molecular weight excluding hydrogens is 326 g/mol. The lowest BCUT2D eigenvalue weighted by molar-refractivity contribution is 0.0479. The van der Waals surface area contributed by atoms with Crippen molar-refractivity contribution in [3.8, 4) is 0 Å². The summed E-state index contributed by atoms with van der Waals surface area (Å²) >= 11 is 1.39. The summed E-state index contributed by atoms with van der Waals surface area (Å²) in [5.74, 6) is -0.324. The van der Waals surface area contributed by atoms with Gasteiger partial charge in [0.2, 0.25) is 0 Å². The summed E-state index contributed by atoms with van der Waals surface area (Å²) in [4.78, 5) is 13.9. The van der Waals surface area contributed by atoms with E-state index in [1.165, 1.54) is 11.3 Å². The second kappa shape index (κ2) is 5.41. The molecule has 4 aromatic rings. The number of carbonyl (C=O) groups is 1. The lowest BCUT2D eigenvalue weighted by Gasteiger charge is -2.03. The molecule has 0 radical (unpaired) electrons. The van der Waals surface area contributed by atoms with E-state index in [-0.39, 0.29) is 12.6 Å². The predicted molar refractivity (Wildman–Crippen MR) is 91.0 cm³/mol. The van der Waals surface area contributed by atoms with Crippen LogP contribution in [0.1, 0.15) is 20.9 Å². The highest BCUT2D eigenvalue weighted by Gasteiger charge is 2.16. The molecule has 0 saturated carbocycles. The second-order valence-electron chi connectivity index (χ2n) is 5.65. The Morgan fingerprint density at radius 3 is 2.88 bits per heavy atom. The first-order valence-electron chi connectivity index (χ1n) is 7.41. The van der Waals surface area contributed by atoms with Crippen molar-refractivity contribution in [2.24, 2.45) is 14.1 Å². The van der Waals surface area contributed by atoms with Crippen LogP contribution in [0.4, 0.5) is 0 Å². The van der Waals surface area contributed by atoms with Crippen molar-refractivity contribution < 1.29 is 9.53 Å². The van der Waals surface area contributed by atoms with Gasteiger partial charge < -0.3 is 4.74 Å². The molecule has 0 fully saturated rings. The van der Waals surface area contributed by atoms with E-state index in [0.29, 0.717) is 4.88 Å². The number of nitrogens with zero attached hydrogens (tertiary/aromatic N) is 5. The number of rotatable bonds is 3. The third kappa shape index (κ3) is 2.35. The number of hydrogen-bond donors (Lipinski definition) is 0. The third-order valence-electron chi connectivity index (χ3n) is 3.94. The van der Waals surface area contributed by atoms with Gasteiger partial charge in [-0.15, -0.1) is 16.4 Å². The average molecular weight is 341 g/mol. The summed E-state index contributed by atoms with van der Waals surface area (Å²) in [6, 6.07) is 7.57. The predicted octanol–water partition coefficient (Wildman–Crippen LogP) is 2.58. The SMILES string of the molecule is Cc1nn(C)c2sc(C(=O)OCc3ccc4c(c3)nnn4C)cc12. The molecule has 4 rings (SSSR count). The van der Waals surface area contributed by atoms with Crippen LogP contribution in [0.15, 0.2) is 24.3 Å². The van der Waals surface area contributed by atoms with Crippen molar-refractivity contribution in [3.05, 3.63) is 40.4 Å². The number of aryl methyl sites for hydroxylation is 3. The summed E-state index contributed by atoms with van der Waals surface area (Å²) in [5.41, 5.74) is 3.53. The fourth-order valence-electron chi connectivity index (χ4n) is 2.70. The number of hydrogen-bond acceptors (Lipinski definition) is 6. The van der Waals surface area contributed by atoms with Crippen molar-refractivity contribution >= 4 is 38.6 Å². The summed E-state index contributed by atoms with van der Waals surface area (Å²) in [7, 11) is 3.71. The van der Waals surface area contributed by atoms with E-state index < -0.39 is 0 Å². The normalized spacial score (nSPS) is 11.5. The molecule has 0 aliphatic heterocycles. The molecule has 3 aromatic heterocycles. The highest BCUT2D eigenvalue weighted by molar-refractivity contribution is 7.20. The van der Waals surface area contributed by atoms with E-state index in [4.69, 9.17) is 4.74 Å². The topological polar surface area (TPSA) is 74.8 Å². The van der Waals surface area contributed by atoms with Gasteiger partial charge in [0, 0.05) is 19.5 Å². The van der Waals surface area contributed by atoms with E-state index in [1.54, 1.807) is 9.36 Å². The number of aromatic nitrogens is 5. The Hall–Kier alpha value is -2.74. The van der Waals surface area contributed by atoms with Crippen LogP contribution in [0.3, 0.4) is 0 Å². The Balaban J connectivity index is 1.52. The van der Waals surface area contributed by atoms with Gasteiger partial charge in [0.05, 0.1) is 11.2 Å². The van der Waals surface area contributed by atoms with Crippen molar-refractivity contribution in [2.75, 3.05) is 0 Å². The number of thiophene rings is 1. The van der Waals surface area contributed by atoms with Crippen LogP contribution in [0.25, 0.3) is 21.3 Å². The molecule has 8 heteroatoms. The molecular formula is C16H15N5O2S. The van der Waals surface area contributed by atoms with Crippen LogP contribution < -0.4 is 0 Å². The maximum absolute atomic E-state index is 12.3. The summed E-state index contributed by atoms with van der Waals surface area (Å²) in [6.45, 7) is 2.14. The van der Waals surface area contributed by atoms with Gasteiger partial charge in [-0.3, -0.25) is 4.68 Å². The first-order chi connectivity index (χ1) is 11.5. The molecule has 24 heavy (non-hydrogen) atoms. The van der Waals surface area contributed by atoms with Gasteiger partial charge in [-0.2, -0.15) is 5.10 Å². The van der Waals surface area contributed by atoms with E-state index in [9.17, 15) is 4.79 Å². The first-order valence-corrected chi connectivity index (χ1v) is 8.23. The van der Waals surface area contributed by atoms with Crippen LogP contribution in [0.2, 0.25) is 0 Å². The Morgan fingerprint density at radius 2 is 2.08 bits per heavy atom. The minimum absolute atomic E-state index is 0.205.